The van der Waals surface area contributed by atoms with Gasteiger partial charge in [-0.1, -0.05) is 29.3 Å². The van der Waals surface area contributed by atoms with Crippen molar-refractivity contribution in [2.75, 3.05) is 18.6 Å². The van der Waals surface area contributed by atoms with Gasteiger partial charge in [0.25, 0.3) is 5.91 Å². The number of methoxy groups -OCH3 is 1. The van der Waals surface area contributed by atoms with E-state index in [2.05, 4.69) is 0 Å². The SMILES string of the molecule is CCOc1ccc(C=C2SC(=Nc3ccc(Cl)cc3)N(c3ccc(Cl)cc3)C2=O)cc1OC. The summed E-state index contributed by atoms with van der Waals surface area (Å²) in [6.45, 7) is 2.45. The molecule has 168 valence electrons. The van der Waals surface area contributed by atoms with E-state index in [0.717, 1.165) is 5.56 Å². The van der Waals surface area contributed by atoms with E-state index >= 15 is 0 Å². The minimum atomic E-state index is -0.178. The Hall–Kier alpha value is -2.93. The predicted molar refractivity (Wildman–Crippen MR) is 137 cm³/mol. The van der Waals surface area contributed by atoms with Gasteiger partial charge in [-0.3, -0.25) is 9.69 Å². The molecule has 0 saturated carbocycles. The van der Waals surface area contributed by atoms with Crippen molar-refractivity contribution < 1.29 is 14.3 Å². The Morgan fingerprint density at radius 3 is 2.27 bits per heavy atom. The van der Waals surface area contributed by atoms with E-state index < -0.39 is 0 Å². The van der Waals surface area contributed by atoms with Crippen LogP contribution in [0.4, 0.5) is 11.4 Å². The molecule has 1 aliphatic heterocycles. The van der Waals surface area contributed by atoms with Gasteiger partial charge in [-0.25, -0.2) is 4.99 Å². The number of nitrogens with zero attached hydrogens (tertiary/aromatic N) is 2. The number of halogens is 2. The zero-order chi connectivity index (χ0) is 23.4. The van der Waals surface area contributed by atoms with Crippen molar-refractivity contribution in [3.63, 3.8) is 0 Å². The summed E-state index contributed by atoms with van der Waals surface area (Å²) in [5, 5.41) is 1.74. The van der Waals surface area contributed by atoms with Gasteiger partial charge >= 0.3 is 0 Å². The number of hydrogen-bond acceptors (Lipinski definition) is 5. The zero-order valence-corrected chi connectivity index (χ0v) is 20.2. The summed E-state index contributed by atoms with van der Waals surface area (Å²) < 4.78 is 11.0. The molecule has 8 heteroatoms. The highest BCUT2D eigenvalue weighted by molar-refractivity contribution is 8.19. The summed E-state index contributed by atoms with van der Waals surface area (Å²) in [5.41, 5.74) is 2.19. The van der Waals surface area contributed by atoms with E-state index in [9.17, 15) is 4.79 Å². The average Bonchev–Trinajstić information content (AvgIpc) is 3.11. The number of carbonyl (C=O) groups is 1. The zero-order valence-electron chi connectivity index (χ0n) is 17.9. The first-order valence-electron chi connectivity index (χ1n) is 10.1. The maximum atomic E-state index is 13.4. The molecule has 4 rings (SSSR count). The second kappa shape index (κ2) is 10.3. The van der Waals surface area contributed by atoms with E-state index in [1.807, 2.05) is 31.2 Å². The molecule has 1 heterocycles. The number of anilines is 1. The molecular formula is C25H20Cl2N2O3S. The molecule has 0 spiro atoms. The van der Waals surface area contributed by atoms with Crippen molar-refractivity contribution in [1.29, 1.82) is 0 Å². The predicted octanol–water partition coefficient (Wildman–Crippen LogP) is 7.21. The molecule has 0 unspecified atom stereocenters. The number of hydrogen-bond donors (Lipinski definition) is 0. The van der Waals surface area contributed by atoms with Crippen LogP contribution < -0.4 is 14.4 Å². The Kier molecular flexibility index (Phi) is 7.28. The topological polar surface area (TPSA) is 51.1 Å². The molecule has 0 aliphatic carbocycles. The van der Waals surface area contributed by atoms with E-state index in [1.54, 1.807) is 60.5 Å². The lowest BCUT2D eigenvalue weighted by molar-refractivity contribution is -0.113. The first-order chi connectivity index (χ1) is 16.0. The molecule has 1 aliphatic rings. The summed E-state index contributed by atoms with van der Waals surface area (Å²) in [5.74, 6) is 1.08. The minimum Gasteiger partial charge on any atom is -0.493 e. The fraction of sp³-hybridized carbons (Fsp3) is 0.120. The average molecular weight is 499 g/mol. The molecule has 0 N–H and O–H groups in total. The van der Waals surface area contributed by atoms with Crippen LogP contribution in [-0.2, 0) is 4.79 Å². The Morgan fingerprint density at radius 1 is 0.970 bits per heavy atom. The summed E-state index contributed by atoms with van der Waals surface area (Å²) in [6, 6.07) is 19.8. The number of rotatable bonds is 6. The lowest BCUT2D eigenvalue weighted by Gasteiger charge is -2.15. The summed E-state index contributed by atoms with van der Waals surface area (Å²) >= 11 is 13.3. The van der Waals surface area contributed by atoms with Gasteiger partial charge in [0.05, 0.1) is 30.0 Å². The Balaban J connectivity index is 1.74. The third-order valence-corrected chi connectivity index (χ3v) is 6.20. The Bertz CT molecular complexity index is 1230. The van der Waals surface area contributed by atoms with E-state index in [-0.39, 0.29) is 5.91 Å². The molecular weight excluding hydrogens is 479 g/mol. The Labute approximate surface area is 206 Å². The summed E-state index contributed by atoms with van der Waals surface area (Å²) in [6.07, 6.45) is 1.82. The molecule has 0 radical (unpaired) electrons. The number of ether oxygens (including phenoxy) is 2. The number of amidine groups is 1. The molecule has 3 aromatic rings. The maximum absolute atomic E-state index is 13.4. The van der Waals surface area contributed by atoms with Gasteiger partial charge in [0.2, 0.25) is 0 Å². The number of benzene rings is 3. The van der Waals surface area contributed by atoms with Crippen LogP contribution in [0.5, 0.6) is 11.5 Å². The molecule has 1 fully saturated rings. The fourth-order valence-corrected chi connectivity index (χ4v) is 4.45. The quantitative estimate of drug-likeness (QED) is 0.337. The highest BCUT2D eigenvalue weighted by Crippen LogP contribution is 2.38. The van der Waals surface area contributed by atoms with Crippen LogP contribution in [-0.4, -0.2) is 24.8 Å². The lowest BCUT2D eigenvalue weighted by Crippen LogP contribution is -2.28. The van der Waals surface area contributed by atoms with Gasteiger partial charge in [-0.05, 0) is 91.0 Å². The number of aliphatic imine (C=N–C) groups is 1. The van der Waals surface area contributed by atoms with Crippen LogP contribution in [0.25, 0.3) is 6.08 Å². The lowest BCUT2D eigenvalue weighted by atomic mass is 10.2. The van der Waals surface area contributed by atoms with Crippen LogP contribution in [0.3, 0.4) is 0 Å². The van der Waals surface area contributed by atoms with Crippen LogP contribution in [0.15, 0.2) is 76.6 Å². The van der Waals surface area contributed by atoms with Gasteiger partial charge < -0.3 is 9.47 Å². The second-order valence-electron chi connectivity index (χ2n) is 6.94. The highest BCUT2D eigenvalue weighted by Gasteiger charge is 2.34. The molecule has 5 nitrogen and oxygen atoms in total. The molecule has 0 aromatic heterocycles. The standard InChI is InChI=1S/C25H20Cl2N2O3S/c1-3-32-21-13-4-16(14-22(21)31-2)15-23-24(30)29(20-11-7-18(27)8-12-20)25(33-23)28-19-9-5-17(26)6-10-19/h4-15H,3H2,1-2H3. The Morgan fingerprint density at radius 2 is 1.64 bits per heavy atom. The minimum absolute atomic E-state index is 0.178. The molecule has 1 saturated heterocycles. The second-order valence-corrected chi connectivity index (χ2v) is 8.82. The maximum Gasteiger partial charge on any atom is 0.271 e. The fourth-order valence-electron chi connectivity index (χ4n) is 3.19. The van der Waals surface area contributed by atoms with Crippen molar-refractivity contribution in [3.05, 3.63) is 87.2 Å². The third-order valence-electron chi connectivity index (χ3n) is 4.73. The number of thioether (sulfide) groups is 1. The van der Waals surface area contributed by atoms with Crippen molar-refractivity contribution in [2.45, 2.75) is 6.92 Å². The first-order valence-corrected chi connectivity index (χ1v) is 11.7. The van der Waals surface area contributed by atoms with Crippen molar-refractivity contribution in [3.8, 4) is 11.5 Å². The van der Waals surface area contributed by atoms with Crippen LogP contribution in [0.2, 0.25) is 10.0 Å². The monoisotopic (exact) mass is 498 g/mol. The van der Waals surface area contributed by atoms with Crippen molar-refractivity contribution >= 4 is 63.5 Å². The van der Waals surface area contributed by atoms with Crippen LogP contribution in [0, 0.1) is 0 Å². The van der Waals surface area contributed by atoms with Gasteiger partial charge in [-0.2, -0.15) is 0 Å². The van der Waals surface area contributed by atoms with E-state index in [1.165, 1.54) is 11.8 Å². The molecule has 3 aromatic carbocycles. The molecule has 1 amide bonds. The number of carbonyl (C=O) groups excluding carboxylic acids is 1. The third kappa shape index (κ3) is 5.36. The number of amides is 1. The van der Waals surface area contributed by atoms with Gasteiger partial charge in [0.1, 0.15) is 0 Å². The van der Waals surface area contributed by atoms with Gasteiger partial charge in [0, 0.05) is 10.0 Å². The van der Waals surface area contributed by atoms with E-state index in [0.29, 0.717) is 49.6 Å². The van der Waals surface area contributed by atoms with Crippen molar-refractivity contribution in [2.24, 2.45) is 4.99 Å². The summed E-state index contributed by atoms with van der Waals surface area (Å²) in [7, 11) is 1.59. The van der Waals surface area contributed by atoms with Gasteiger partial charge in [-0.15, -0.1) is 0 Å². The highest BCUT2D eigenvalue weighted by atomic mass is 35.5. The van der Waals surface area contributed by atoms with Gasteiger partial charge in [0.15, 0.2) is 16.7 Å². The largest absolute Gasteiger partial charge is 0.493 e. The molecule has 0 atom stereocenters. The smallest absolute Gasteiger partial charge is 0.271 e. The molecule has 33 heavy (non-hydrogen) atoms. The van der Waals surface area contributed by atoms with E-state index in [4.69, 9.17) is 37.7 Å². The van der Waals surface area contributed by atoms with Crippen molar-refractivity contribution in [1.82, 2.24) is 0 Å². The summed E-state index contributed by atoms with van der Waals surface area (Å²) in [4.78, 5) is 20.2. The van der Waals surface area contributed by atoms with Crippen LogP contribution in [0.1, 0.15) is 12.5 Å². The van der Waals surface area contributed by atoms with Crippen LogP contribution >= 0.6 is 35.0 Å². The molecule has 0 bridgehead atoms. The first kappa shape index (κ1) is 23.2. The normalized spacial score (nSPS) is 16.0.